The van der Waals surface area contributed by atoms with Crippen molar-refractivity contribution in [1.82, 2.24) is 0 Å². The van der Waals surface area contributed by atoms with Gasteiger partial charge in [-0.3, -0.25) is 0 Å². The van der Waals surface area contributed by atoms with E-state index in [0.29, 0.717) is 0 Å². The molecule has 0 saturated heterocycles. The van der Waals surface area contributed by atoms with E-state index in [0.717, 1.165) is 18.5 Å². The molecule has 0 bridgehead atoms. The predicted octanol–water partition coefficient (Wildman–Crippen LogP) is 2.97. The first kappa shape index (κ1) is 12.5. The van der Waals surface area contributed by atoms with Crippen LogP contribution in [0.4, 0.5) is 5.69 Å². The Morgan fingerprint density at radius 3 is 2.67 bits per heavy atom. The van der Waals surface area contributed by atoms with E-state index in [-0.39, 0.29) is 0 Å². The van der Waals surface area contributed by atoms with Crippen LogP contribution in [0.5, 0.6) is 0 Å². The zero-order valence-corrected chi connectivity index (χ0v) is 11.2. The van der Waals surface area contributed by atoms with Gasteiger partial charge in [0, 0.05) is 31.7 Å². The normalized spacial score (nSPS) is 10.4. The van der Waals surface area contributed by atoms with E-state index in [1.165, 1.54) is 16.8 Å². The number of alkyl halides is 1. The zero-order chi connectivity index (χ0) is 11.3. The molecule has 2 nitrogen and oxygen atoms in total. The van der Waals surface area contributed by atoms with Crippen molar-refractivity contribution in [1.29, 1.82) is 0 Å². The zero-order valence-electron chi connectivity index (χ0n) is 9.59. The summed E-state index contributed by atoms with van der Waals surface area (Å²) in [6.45, 7) is 3.83. The van der Waals surface area contributed by atoms with E-state index in [1.807, 2.05) is 0 Å². The van der Waals surface area contributed by atoms with Crippen LogP contribution in [-0.4, -0.2) is 27.3 Å². The number of nitrogens with zero attached hydrogens (tertiary/aromatic N) is 1. The minimum absolute atomic E-state index is 0.760. The standard InChI is InChI=1S/C12H18BrNO/c1-10-8-11(9-13)4-5-12(10)14(2)6-7-15-3/h4-5,8H,6-7,9H2,1-3H3. The Hall–Kier alpha value is -0.540. The van der Waals surface area contributed by atoms with Crippen molar-refractivity contribution >= 4 is 21.6 Å². The maximum atomic E-state index is 5.07. The highest BCUT2D eigenvalue weighted by atomic mass is 79.9. The largest absolute Gasteiger partial charge is 0.383 e. The van der Waals surface area contributed by atoms with E-state index in [4.69, 9.17) is 4.74 Å². The van der Waals surface area contributed by atoms with Gasteiger partial charge in [0.25, 0.3) is 0 Å². The molecule has 0 aliphatic rings. The summed E-state index contributed by atoms with van der Waals surface area (Å²) in [5.41, 5.74) is 3.90. The Morgan fingerprint density at radius 2 is 2.13 bits per heavy atom. The lowest BCUT2D eigenvalue weighted by Crippen LogP contribution is -2.22. The summed E-state index contributed by atoms with van der Waals surface area (Å²) in [7, 11) is 3.82. The number of hydrogen-bond donors (Lipinski definition) is 0. The van der Waals surface area contributed by atoms with Gasteiger partial charge in [-0.15, -0.1) is 0 Å². The summed E-state index contributed by atoms with van der Waals surface area (Å²) < 4.78 is 5.07. The Morgan fingerprint density at radius 1 is 1.40 bits per heavy atom. The molecule has 0 atom stereocenters. The average Bonchev–Trinajstić information content (AvgIpc) is 2.25. The molecule has 0 fully saturated rings. The SMILES string of the molecule is COCCN(C)c1ccc(CBr)cc1C. The molecule has 0 amide bonds. The third-order valence-electron chi connectivity index (χ3n) is 2.46. The van der Waals surface area contributed by atoms with Gasteiger partial charge in [0.15, 0.2) is 0 Å². The molecule has 15 heavy (non-hydrogen) atoms. The number of hydrogen-bond acceptors (Lipinski definition) is 2. The molecular formula is C12H18BrNO. The number of likely N-dealkylation sites (N-methyl/N-ethyl adjacent to an activating group) is 1. The third kappa shape index (κ3) is 3.50. The van der Waals surface area contributed by atoms with Crippen molar-refractivity contribution in [2.24, 2.45) is 0 Å². The topological polar surface area (TPSA) is 12.5 Å². The molecule has 1 aromatic carbocycles. The number of ether oxygens (including phenoxy) is 1. The lowest BCUT2D eigenvalue weighted by atomic mass is 10.1. The molecule has 1 aromatic rings. The van der Waals surface area contributed by atoms with Gasteiger partial charge in [-0.1, -0.05) is 28.1 Å². The molecule has 0 N–H and O–H groups in total. The molecule has 1 rings (SSSR count). The third-order valence-corrected chi connectivity index (χ3v) is 3.11. The lowest BCUT2D eigenvalue weighted by molar-refractivity contribution is 0.206. The highest BCUT2D eigenvalue weighted by Gasteiger charge is 2.04. The number of halogens is 1. The minimum atomic E-state index is 0.760. The van der Waals surface area contributed by atoms with E-state index in [1.54, 1.807) is 7.11 Å². The first-order chi connectivity index (χ1) is 7.19. The van der Waals surface area contributed by atoms with E-state index in [2.05, 4.69) is 53.0 Å². The van der Waals surface area contributed by atoms with E-state index in [9.17, 15) is 0 Å². The molecule has 0 aliphatic heterocycles. The van der Waals surface area contributed by atoms with Gasteiger partial charge >= 0.3 is 0 Å². The number of benzene rings is 1. The molecular weight excluding hydrogens is 254 g/mol. The first-order valence-electron chi connectivity index (χ1n) is 5.04. The molecule has 0 radical (unpaired) electrons. The van der Waals surface area contributed by atoms with Crippen LogP contribution in [0.25, 0.3) is 0 Å². The Labute approximate surface area is 100 Å². The molecule has 3 heteroatoms. The fraction of sp³-hybridized carbons (Fsp3) is 0.500. The highest BCUT2D eigenvalue weighted by Crippen LogP contribution is 2.21. The van der Waals surface area contributed by atoms with Gasteiger partial charge in [-0.05, 0) is 24.1 Å². The monoisotopic (exact) mass is 271 g/mol. The van der Waals surface area contributed by atoms with Gasteiger partial charge < -0.3 is 9.64 Å². The van der Waals surface area contributed by atoms with Crippen molar-refractivity contribution in [2.45, 2.75) is 12.3 Å². The van der Waals surface area contributed by atoms with Crippen LogP contribution in [0, 0.1) is 6.92 Å². The van der Waals surface area contributed by atoms with Crippen molar-refractivity contribution in [2.75, 3.05) is 32.2 Å². The van der Waals surface area contributed by atoms with Crippen molar-refractivity contribution in [3.05, 3.63) is 29.3 Å². The van der Waals surface area contributed by atoms with Crippen LogP contribution in [0.1, 0.15) is 11.1 Å². The maximum Gasteiger partial charge on any atom is 0.0637 e. The molecule has 84 valence electrons. The van der Waals surface area contributed by atoms with Crippen molar-refractivity contribution in [3.63, 3.8) is 0 Å². The van der Waals surface area contributed by atoms with Crippen LogP contribution < -0.4 is 4.90 Å². The highest BCUT2D eigenvalue weighted by molar-refractivity contribution is 9.08. The quantitative estimate of drug-likeness (QED) is 0.764. The van der Waals surface area contributed by atoms with Crippen LogP contribution >= 0.6 is 15.9 Å². The summed E-state index contributed by atoms with van der Waals surface area (Å²) in [6.07, 6.45) is 0. The van der Waals surface area contributed by atoms with E-state index < -0.39 is 0 Å². The fourth-order valence-electron chi connectivity index (χ4n) is 1.58. The van der Waals surface area contributed by atoms with Gasteiger partial charge in [0.1, 0.15) is 0 Å². The second-order valence-corrected chi connectivity index (χ2v) is 4.23. The lowest BCUT2D eigenvalue weighted by Gasteiger charge is -2.21. The Bertz CT molecular complexity index is 314. The van der Waals surface area contributed by atoms with Gasteiger partial charge in [0.05, 0.1) is 6.61 Å². The summed E-state index contributed by atoms with van der Waals surface area (Å²) in [5, 5.41) is 0.913. The molecule has 0 aromatic heterocycles. The van der Waals surface area contributed by atoms with E-state index >= 15 is 0 Å². The molecule has 0 saturated carbocycles. The first-order valence-corrected chi connectivity index (χ1v) is 6.16. The average molecular weight is 272 g/mol. The predicted molar refractivity (Wildman–Crippen MR) is 69.0 cm³/mol. The maximum absolute atomic E-state index is 5.07. The number of methoxy groups -OCH3 is 1. The number of rotatable bonds is 5. The summed E-state index contributed by atoms with van der Waals surface area (Å²) in [4.78, 5) is 2.22. The second kappa shape index (κ2) is 6.13. The van der Waals surface area contributed by atoms with Crippen LogP contribution in [-0.2, 0) is 10.1 Å². The fourth-order valence-corrected chi connectivity index (χ4v) is 1.93. The molecule has 0 heterocycles. The number of aryl methyl sites for hydroxylation is 1. The smallest absolute Gasteiger partial charge is 0.0637 e. The van der Waals surface area contributed by atoms with Crippen LogP contribution in [0.2, 0.25) is 0 Å². The van der Waals surface area contributed by atoms with Gasteiger partial charge in [-0.25, -0.2) is 0 Å². The summed E-state index contributed by atoms with van der Waals surface area (Å²) in [5.74, 6) is 0. The summed E-state index contributed by atoms with van der Waals surface area (Å²) in [6, 6.07) is 6.54. The van der Waals surface area contributed by atoms with Crippen molar-refractivity contribution < 1.29 is 4.74 Å². The number of anilines is 1. The van der Waals surface area contributed by atoms with Crippen LogP contribution in [0.15, 0.2) is 18.2 Å². The Balaban J connectivity index is 2.76. The molecule has 0 spiro atoms. The van der Waals surface area contributed by atoms with Gasteiger partial charge in [-0.2, -0.15) is 0 Å². The van der Waals surface area contributed by atoms with Gasteiger partial charge in [0.2, 0.25) is 0 Å². The minimum Gasteiger partial charge on any atom is -0.383 e. The van der Waals surface area contributed by atoms with Crippen molar-refractivity contribution in [3.8, 4) is 0 Å². The summed E-state index contributed by atoms with van der Waals surface area (Å²) >= 11 is 3.46. The molecule has 0 aliphatic carbocycles. The Kier molecular flexibility index (Phi) is 5.12. The second-order valence-electron chi connectivity index (χ2n) is 3.67. The molecule has 0 unspecified atom stereocenters. The van der Waals surface area contributed by atoms with Crippen LogP contribution in [0.3, 0.4) is 0 Å².